The van der Waals surface area contributed by atoms with Crippen LogP contribution >= 0.6 is 22.4 Å². The minimum absolute atomic E-state index is 0.0778. The summed E-state index contributed by atoms with van der Waals surface area (Å²) in [7, 11) is 1.44. The molecule has 4 nitrogen and oxygen atoms in total. The summed E-state index contributed by atoms with van der Waals surface area (Å²) >= 11 is 1.53. The predicted octanol–water partition coefficient (Wildman–Crippen LogP) is 2.02. The molecule has 0 fully saturated rings. The van der Waals surface area contributed by atoms with Crippen molar-refractivity contribution in [2.24, 2.45) is 0 Å². The van der Waals surface area contributed by atoms with E-state index in [1.54, 1.807) is 13.0 Å². The maximum absolute atomic E-state index is 11.9. The Kier molecular flexibility index (Phi) is 6.40. The smallest absolute Gasteiger partial charge is 0.261 e. The molecule has 0 heterocycles. The van der Waals surface area contributed by atoms with E-state index in [1.165, 1.54) is 23.9 Å². The molecule has 0 spiro atoms. The van der Waals surface area contributed by atoms with Crippen LogP contribution < -0.4 is 5.32 Å². The lowest BCUT2D eigenvalue weighted by atomic mass is 10.1. The van der Waals surface area contributed by atoms with E-state index in [-0.39, 0.29) is 16.4 Å². The Morgan fingerprint density at radius 2 is 2.15 bits per heavy atom. The van der Waals surface area contributed by atoms with Gasteiger partial charge in [-0.3, -0.25) is 4.79 Å². The number of terminal acetylenes is 1. The van der Waals surface area contributed by atoms with Crippen LogP contribution in [0.15, 0.2) is 23.1 Å². The first-order valence-electron chi connectivity index (χ1n) is 5.70. The van der Waals surface area contributed by atoms with Gasteiger partial charge in [-0.1, -0.05) is 5.92 Å². The molecule has 108 valence electrons. The number of rotatable bonds is 6. The van der Waals surface area contributed by atoms with E-state index in [0.717, 1.165) is 0 Å². The quantitative estimate of drug-likeness (QED) is 0.492. The van der Waals surface area contributed by atoms with Crippen LogP contribution in [0.5, 0.6) is 0 Å². The first kappa shape index (κ1) is 16.9. The molecule has 0 aliphatic carbocycles. The van der Waals surface area contributed by atoms with Gasteiger partial charge in [-0.05, 0) is 30.7 Å². The van der Waals surface area contributed by atoms with Gasteiger partial charge in [0, 0.05) is 28.5 Å². The topological polar surface area (TPSA) is 63.2 Å². The largest absolute Gasteiger partial charge is 0.351 e. The lowest BCUT2D eigenvalue weighted by molar-refractivity contribution is 0.0956. The molecule has 0 atom stereocenters. The van der Waals surface area contributed by atoms with Gasteiger partial charge in [0.05, 0.1) is 10.6 Å². The zero-order chi connectivity index (χ0) is 15.2. The molecular weight excluding hydrogens is 318 g/mol. The summed E-state index contributed by atoms with van der Waals surface area (Å²) in [6, 6.07) is 4.29. The lowest BCUT2D eigenvalue weighted by Gasteiger charge is -2.07. The van der Waals surface area contributed by atoms with Crippen LogP contribution in [-0.4, -0.2) is 32.4 Å². The maximum atomic E-state index is 11.9. The number of hydrogen-bond acceptors (Lipinski definition) is 4. The van der Waals surface area contributed by atoms with Gasteiger partial charge in [0.2, 0.25) is 0 Å². The number of benzene rings is 1. The summed E-state index contributed by atoms with van der Waals surface area (Å²) in [6.45, 7) is 2.16. The number of carbonyl (C=O) groups is 1. The lowest BCUT2D eigenvalue weighted by Crippen LogP contribution is -2.26. The van der Waals surface area contributed by atoms with Crippen LogP contribution in [-0.2, 0) is 9.05 Å². The average Bonchev–Trinajstić information content (AvgIpc) is 2.36. The Morgan fingerprint density at radius 1 is 1.45 bits per heavy atom. The zero-order valence-electron chi connectivity index (χ0n) is 10.8. The Balaban J connectivity index is 2.74. The molecule has 0 aliphatic rings. The first-order chi connectivity index (χ1) is 9.34. The summed E-state index contributed by atoms with van der Waals surface area (Å²) < 4.78 is 22.6. The van der Waals surface area contributed by atoms with E-state index in [2.05, 4.69) is 11.2 Å². The van der Waals surface area contributed by atoms with Crippen LogP contribution in [0.4, 0.5) is 0 Å². The van der Waals surface area contributed by atoms with Crippen molar-refractivity contribution in [3.8, 4) is 12.3 Å². The van der Waals surface area contributed by atoms with Crippen LogP contribution in [0, 0.1) is 19.3 Å². The van der Waals surface area contributed by atoms with Crippen molar-refractivity contribution in [2.45, 2.75) is 11.8 Å². The van der Waals surface area contributed by atoms with E-state index < -0.39 is 9.05 Å². The molecule has 0 saturated carbocycles. The molecule has 0 saturated heterocycles. The second-order valence-electron chi connectivity index (χ2n) is 3.99. The second kappa shape index (κ2) is 7.58. The molecular formula is C13H14ClNO3S2. The number of hydrogen-bond donors (Lipinski definition) is 1. The minimum Gasteiger partial charge on any atom is -0.351 e. The van der Waals surface area contributed by atoms with Crippen molar-refractivity contribution in [3.05, 3.63) is 29.3 Å². The molecule has 1 amide bonds. The molecule has 20 heavy (non-hydrogen) atoms. The number of amides is 1. The number of carbonyl (C=O) groups excluding carboxylic acids is 1. The molecule has 0 bridgehead atoms. The van der Waals surface area contributed by atoms with Gasteiger partial charge in [0.15, 0.2) is 0 Å². The van der Waals surface area contributed by atoms with Crippen molar-refractivity contribution >= 4 is 37.4 Å². The van der Waals surface area contributed by atoms with E-state index in [1.807, 2.05) is 0 Å². The minimum atomic E-state index is -3.85. The van der Waals surface area contributed by atoms with Crippen molar-refractivity contribution < 1.29 is 13.2 Å². The van der Waals surface area contributed by atoms with Gasteiger partial charge < -0.3 is 5.32 Å². The molecule has 1 aromatic carbocycles. The molecule has 0 aliphatic heterocycles. The van der Waals surface area contributed by atoms with Crippen molar-refractivity contribution in [3.63, 3.8) is 0 Å². The zero-order valence-corrected chi connectivity index (χ0v) is 13.2. The molecule has 1 rings (SSSR count). The molecule has 1 N–H and O–H groups in total. The van der Waals surface area contributed by atoms with E-state index in [9.17, 15) is 13.2 Å². The summed E-state index contributed by atoms with van der Waals surface area (Å²) in [5.74, 6) is 3.44. The third-order valence-electron chi connectivity index (χ3n) is 2.31. The maximum Gasteiger partial charge on any atom is 0.261 e. The number of aryl methyl sites for hydroxylation is 1. The van der Waals surface area contributed by atoms with E-state index in [0.29, 0.717) is 23.6 Å². The third-order valence-corrected chi connectivity index (χ3v) is 4.51. The first-order valence-corrected chi connectivity index (χ1v) is 9.17. The summed E-state index contributed by atoms with van der Waals surface area (Å²) in [5.41, 5.74) is 0.921. The van der Waals surface area contributed by atoms with Crippen LogP contribution in [0.2, 0.25) is 0 Å². The van der Waals surface area contributed by atoms with Crippen molar-refractivity contribution in [2.75, 3.05) is 18.1 Å². The second-order valence-corrected chi connectivity index (χ2v) is 7.66. The SMILES string of the molecule is C#CCSCCNC(=O)c1cc(C)cc(S(=O)(=O)Cl)c1. The van der Waals surface area contributed by atoms with Crippen LogP contribution in [0.25, 0.3) is 0 Å². The molecule has 0 unspecified atom stereocenters. The van der Waals surface area contributed by atoms with E-state index >= 15 is 0 Å². The van der Waals surface area contributed by atoms with Gasteiger partial charge in [-0.2, -0.15) is 0 Å². The Labute approximate surface area is 127 Å². The van der Waals surface area contributed by atoms with Gasteiger partial charge in [0.1, 0.15) is 0 Å². The standard InChI is InChI=1S/C13H14ClNO3S2/c1-3-5-19-6-4-15-13(16)11-7-10(2)8-12(9-11)20(14,17)18/h1,7-9H,4-6H2,2H3,(H,15,16). The fourth-order valence-corrected chi connectivity index (χ4v) is 2.86. The molecule has 0 aromatic heterocycles. The third kappa shape index (κ3) is 5.45. The highest BCUT2D eigenvalue weighted by Gasteiger charge is 2.14. The number of thioether (sulfide) groups is 1. The van der Waals surface area contributed by atoms with Crippen LogP contribution in [0.1, 0.15) is 15.9 Å². The highest BCUT2D eigenvalue weighted by molar-refractivity contribution is 8.13. The van der Waals surface area contributed by atoms with Gasteiger partial charge in [-0.15, -0.1) is 18.2 Å². The van der Waals surface area contributed by atoms with Gasteiger partial charge in [-0.25, -0.2) is 8.42 Å². The Morgan fingerprint density at radius 3 is 2.75 bits per heavy atom. The normalized spacial score (nSPS) is 10.8. The number of nitrogens with one attached hydrogen (secondary N) is 1. The van der Waals surface area contributed by atoms with Crippen LogP contribution in [0.3, 0.4) is 0 Å². The molecule has 0 radical (unpaired) electrons. The highest BCUT2D eigenvalue weighted by Crippen LogP contribution is 2.18. The molecule has 7 heteroatoms. The highest BCUT2D eigenvalue weighted by atomic mass is 35.7. The summed E-state index contributed by atoms with van der Waals surface area (Å²) in [5, 5.41) is 2.70. The fourth-order valence-electron chi connectivity index (χ4n) is 1.49. The summed E-state index contributed by atoms with van der Waals surface area (Å²) in [6.07, 6.45) is 5.11. The average molecular weight is 332 g/mol. The monoisotopic (exact) mass is 331 g/mol. The van der Waals surface area contributed by atoms with Crippen molar-refractivity contribution in [1.82, 2.24) is 5.32 Å². The fraction of sp³-hybridized carbons (Fsp3) is 0.308. The Hall–Kier alpha value is -1.16. The van der Waals surface area contributed by atoms with E-state index in [4.69, 9.17) is 17.1 Å². The summed E-state index contributed by atoms with van der Waals surface area (Å²) in [4.78, 5) is 11.8. The number of halogens is 1. The molecule has 1 aromatic rings. The predicted molar refractivity (Wildman–Crippen MR) is 82.7 cm³/mol. The Bertz CT molecular complexity index is 636. The van der Waals surface area contributed by atoms with Gasteiger partial charge in [0.25, 0.3) is 15.0 Å². The van der Waals surface area contributed by atoms with Gasteiger partial charge >= 0.3 is 0 Å². The van der Waals surface area contributed by atoms with Crippen molar-refractivity contribution in [1.29, 1.82) is 0 Å².